The number of ketones is 1. The first-order valence-electron chi connectivity index (χ1n) is 8.07. The molecule has 0 aliphatic heterocycles. The molecule has 0 spiro atoms. The highest BCUT2D eigenvalue weighted by molar-refractivity contribution is 5.98. The maximum Gasteiger partial charge on any atom is 0.329 e. The number of hydrogen-bond donors (Lipinski definition) is 2. The van der Waals surface area contributed by atoms with Crippen LogP contribution in [0.15, 0.2) is 24.3 Å². The van der Waals surface area contributed by atoms with Gasteiger partial charge >= 0.3 is 5.97 Å². The van der Waals surface area contributed by atoms with Crippen molar-refractivity contribution in [1.29, 1.82) is 0 Å². The van der Waals surface area contributed by atoms with Crippen LogP contribution in [0.3, 0.4) is 0 Å². The lowest BCUT2D eigenvalue weighted by atomic mass is 9.81. The van der Waals surface area contributed by atoms with Gasteiger partial charge in [0.2, 0.25) is 5.91 Å². The number of aryl methyl sites for hydroxylation is 1. The number of carbonyl (C=O) groups is 3. The summed E-state index contributed by atoms with van der Waals surface area (Å²) in [5.41, 5.74) is 0.497. The van der Waals surface area contributed by atoms with Crippen molar-refractivity contribution in [2.24, 2.45) is 0 Å². The minimum atomic E-state index is -1.15. The summed E-state index contributed by atoms with van der Waals surface area (Å²) in [6, 6.07) is 7.20. The lowest BCUT2D eigenvalue weighted by Crippen LogP contribution is -2.55. The fraction of sp³-hybridized carbons (Fsp3) is 0.500. The number of carboxylic acid groups (broad SMARTS) is 1. The SMILES string of the molecule is Cc1ccc(C(=O)CCC(=O)NC2(C(=O)O)CCCCC2)cc1. The third-order valence-corrected chi connectivity index (χ3v) is 4.45. The minimum absolute atomic E-state index is 0.0156. The average Bonchev–Trinajstić information content (AvgIpc) is 2.54. The Morgan fingerprint density at radius 3 is 2.22 bits per heavy atom. The van der Waals surface area contributed by atoms with Crippen LogP contribution in [0.1, 0.15) is 60.9 Å². The first-order chi connectivity index (χ1) is 10.9. The largest absolute Gasteiger partial charge is 0.480 e. The highest BCUT2D eigenvalue weighted by Gasteiger charge is 2.40. The van der Waals surface area contributed by atoms with Crippen molar-refractivity contribution >= 4 is 17.7 Å². The summed E-state index contributed by atoms with van der Waals surface area (Å²) in [6.07, 6.45) is 3.62. The van der Waals surface area contributed by atoms with Crippen LogP contribution in [0.2, 0.25) is 0 Å². The topological polar surface area (TPSA) is 83.5 Å². The zero-order valence-electron chi connectivity index (χ0n) is 13.4. The molecular formula is C18H23NO4. The predicted molar refractivity (Wildman–Crippen MR) is 86.3 cm³/mol. The zero-order valence-corrected chi connectivity index (χ0v) is 13.4. The van der Waals surface area contributed by atoms with Crippen molar-refractivity contribution in [3.63, 3.8) is 0 Å². The van der Waals surface area contributed by atoms with Crippen molar-refractivity contribution in [3.8, 4) is 0 Å². The number of carboxylic acids is 1. The molecule has 0 atom stereocenters. The number of amides is 1. The number of rotatable bonds is 6. The van der Waals surface area contributed by atoms with E-state index in [0.717, 1.165) is 24.8 Å². The van der Waals surface area contributed by atoms with E-state index >= 15 is 0 Å². The molecule has 2 N–H and O–H groups in total. The van der Waals surface area contributed by atoms with Crippen molar-refractivity contribution in [2.75, 3.05) is 0 Å². The first kappa shape index (κ1) is 17.2. The molecule has 1 aromatic carbocycles. The Morgan fingerprint density at radius 2 is 1.65 bits per heavy atom. The van der Waals surface area contributed by atoms with E-state index in [-0.39, 0.29) is 24.5 Å². The Hall–Kier alpha value is -2.17. The summed E-state index contributed by atoms with van der Waals surface area (Å²) in [5.74, 6) is -1.45. The molecule has 0 saturated heterocycles. The van der Waals surface area contributed by atoms with Crippen LogP contribution in [0.4, 0.5) is 0 Å². The summed E-state index contributed by atoms with van der Waals surface area (Å²) in [4.78, 5) is 35.7. The fourth-order valence-electron chi connectivity index (χ4n) is 2.99. The van der Waals surface area contributed by atoms with E-state index in [1.54, 1.807) is 12.1 Å². The zero-order chi connectivity index (χ0) is 16.9. The molecule has 5 heteroatoms. The number of aliphatic carboxylic acids is 1. The average molecular weight is 317 g/mol. The van der Waals surface area contributed by atoms with Crippen molar-refractivity contribution in [2.45, 2.75) is 57.4 Å². The van der Waals surface area contributed by atoms with Gasteiger partial charge in [-0.3, -0.25) is 9.59 Å². The summed E-state index contributed by atoms with van der Waals surface area (Å²) in [6.45, 7) is 1.94. The van der Waals surface area contributed by atoms with Crippen LogP contribution in [0.25, 0.3) is 0 Å². The fourth-order valence-corrected chi connectivity index (χ4v) is 2.99. The highest BCUT2D eigenvalue weighted by Crippen LogP contribution is 2.28. The van der Waals surface area contributed by atoms with Crippen LogP contribution < -0.4 is 5.32 Å². The van der Waals surface area contributed by atoms with Gasteiger partial charge in [0.05, 0.1) is 0 Å². The summed E-state index contributed by atoms with van der Waals surface area (Å²) < 4.78 is 0. The molecule has 1 aliphatic rings. The second kappa shape index (κ2) is 7.40. The van der Waals surface area contributed by atoms with Crippen molar-refractivity contribution < 1.29 is 19.5 Å². The lowest BCUT2D eigenvalue weighted by molar-refractivity contribution is -0.149. The molecule has 23 heavy (non-hydrogen) atoms. The van der Waals surface area contributed by atoms with E-state index in [1.807, 2.05) is 19.1 Å². The number of nitrogens with one attached hydrogen (secondary N) is 1. The number of hydrogen-bond acceptors (Lipinski definition) is 3. The number of Topliss-reactive ketones (excluding diaryl/α,β-unsaturated/α-hetero) is 1. The van der Waals surface area contributed by atoms with Crippen molar-refractivity contribution in [3.05, 3.63) is 35.4 Å². The molecule has 1 saturated carbocycles. The van der Waals surface area contributed by atoms with E-state index < -0.39 is 11.5 Å². The van der Waals surface area contributed by atoms with Crippen molar-refractivity contribution in [1.82, 2.24) is 5.32 Å². The lowest BCUT2D eigenvalue weighted by Gasteiger charge is -2.34. The maximum absolute atomic E-state index is 12.1. The van der Waals surface area contributed by atoms with Gasteiger partial charge < -0.3 is 10.4 Å². The summed E-state index contributed by atoms with van der Waals surface area (Å²) in [5, 5.41) is 12.1. The number of benzene rings is 1. The third kappa shape index (κ3) is 4.41. The second-order valence-corrected chi connectivity index (χ2v) is 6.29. The Morgan fingerprint density at radius 1 is 1.04 bits per heavy atom. The molecule has 0 heterocycles. The van der Waals surface area contributed by atoms with Gasteiger partial charge in [0.25, 0.3) is 0 Å². The van der Waals surface area contributed by atoms with E-state index in [9.17, 15) is 19.5 Å². The van der Waals surface area contributed by atoms with E-state index in [4.69, 9.17) is 0 Å². The smallest absolute Gasteiger partial charge is 0.329 e. The molecule has 1 aliphatic carbocycles. The Labute approximate surface area is 136 Å². The maximum atomic E-state index is 12.1. The van der Waals surface area contributed by atoms with Crippen LogP contribution >= 0.6 is 0 Å². The van der Waals surface area contributed by atoms with Gasteiger partial charge in [0.15, 0.2) is 5.78 Å². The molecule has 1 aromatic rings. The minimum Gasteiger partial charge on any atom is -0.480 e. The Balaban J connectivity index is 1.90. The van der Waals surface area contributed by atoms with Crippen LogP contribution in [-0.2, 0) is 9.59 Å². The molecular weight excluding hydrogens is 294 g/mol. The van der Waals surface area contributed by atoms with Gasteiger partial charge in [0.1, 0.15) is 5.54 Å². The molecule has 0 bridgehead atoms. The van der Waals surface area contributed by atoms with Gasteiger partial charge in [-0.2, -0.15) is 0 Å². The quantitative estimate of drug-likeness (QED) is 0.790. The van der Waals surface area contributed by atoms with Gasteiger partial charge in [-0.15, -0.1) is 0 Å². The normalized spacial score (nSPS) is 16.6. The van der Waals surface area contributed by atoms with E-state index in [2.05, 4.69) is 5.32 Å². The molecule has 5 nitrogen and oxygen atoms in total. The standard InChI is InChI=1S/C18H23NO4/c1-13-5-7-14(8-6-13)15(20)9-10-16(21)19-18(17(22)23)11-3-2-4-12-18/h5-8H,2-4,9-12H2,1H3,(H,19,21)(H,22,23). The molecule has 0 radical (unpaired) electrons. The first-order valence-corrected chi connectivity index (χ1v) is 8.07. The van der Waals surface area contributed by atoms with Gasteiger partial charge in [-0.25, -0.2) is 4.79 Å². The predicted octanol–water partition coefficient (Wildman–Crippen LogP) is 2.86. The summed E-state index contributed by atoms with van der Waals surface area (Å²) in [7, 11) is 0. The van der Waals surface area contributed by atoms with Gasteiger partial charge in [-0.1, -0.05) is 49.1 Å². The molecule has 0 unspecified atom stereocenters. The number of carbonyl (C=O) groups excluding carboxylic acids is 2. The highest BCUT2D eigenvalue weighted by atomic mass is 16.4. The third-order valence-electron chi connectivity index (χ3n) is 4.45. The van der Waals surface area contributed by atoms with E-state index in [1.165, 1.54) is 0 Å². The molecule has 124 valence electrons. The van der Waals surface area contributed by atoms with E-state index in [0.29, 0.717) is 18.4 Å². The monoisotopic (exact) mass is 317 g/mol. The second-order valence-electron chi connectivity index (χ2n) is 6.29. The Bertz CT molecular complexity index is 586. The summed E-state index contributed by atoms with van der Waals surface area (Å²) >= 11 is 0. The molecule has 2 rings (SSSR count). The van der Waals surface area contributed by atoms with Crippen LogP contribution in [0, 0.1) is 6.92 Å². The Kier molecular flexibility index (Phi) is 5.53. The molecule has 1 amide bonds. The molecule has 0 aromatic heterocycles. The van der Waals surface area contributed by atoms with Crippen LogP contribution in [0.5, 0.6) is 0 Å². The van der Waals surface area contributed by atoms with Crippen LogP contribution in [-0.4, -0.2) is 28.3 Å². The molecule has 1 fully saturated rings. The van der Waals surface area contributed by atoms with Gasteiger partial charge in [0, 0.05) is 18.4 Å². The van der Waals surface area contributed by atoms with Gasteiger partial charge in [-0.05, 0) is 19.8 Å².